The minimum absolute atomic E-state index is 0.0273. The third-order valence-corrected chi connectivity index (χ3v) is 6.90. The molecule has 0 unspecified atom stereocenters. The maximum Gasteiger partial charge on any atom is 0.264 e. The van der Waals surface area contributed by atoms with E-state index in [-0.39, 0.29) is 28.1 Å². The first-order valence-corrected chi connectivity index (χ1v) is 11.2. The number of anilines is 3. The summed E-state index contributed by atoms with van der Waals surface area (Å²) in [5, 5.41) is 2.90. The summed E-state index contributed by atoms with van der Waals surface area (Å²) in [5.74, 6) is -0.913. The van der Waals surface area contributed by atoms with Crippen molar-refractivity contribution in [2.75, 3.05) is 27.6 Å². The SMILES string of the molecule is O=C1CN(C(=O)CN(c2ccccc2Cl)S(=O)(=O)c2ccccc2)c2ccccc2N1. The lowest BCUT2D eigenvalue weighted by Crippen LogP contribution is -2.48. The lowest BCUT2D eigenvalue weighted by atomic mass is 10.2. The molecule has 3 aromatic rings. The number of rotatable bonds is 5. The first kappa shape index (κ1) is 20.9. The number of sulfonamides is 1. The van der Waals surface area contributed by atoms with Gasteiger partial charge in [-0.2, -0.15) is 0 Å². The number of carbonyl (C=O) groups is 2. The van der Waals surface area contributed by atoms with Crippen LogP contribution in [0.4, 0.5) is 17.1 Å². The largest absolute Gasteiger partial charge is 0.323 e. The van der Waals surface area contributed by atoms with Gasteiger partial charge < -0.3 is 5.32 Å². The van der Waals surface area contributed by atoms with Gasteiger partial charge in [-0.15, -0.1) is 0 Å². The second-order valence-electron chi connectivity index (χ2n) is 6.82. The van der Waals surface area contributed by atoms with Crippen molar-refractivity contribution in [3.63, 3.8) is 0 Å². The molecule has 0 bridgehead atoms. The van der Waals surface area contributed by atoms with E-state index in [4.69, 9.17) is 11.6 Å². The molecule has 1 aliphatic rings. The molecule has 0 aromatic heterocycles. The zero-order valence-corrected chi connectivity index (χ0v) is 17.8. The number of fused-ring (bicyclic) bond motifs is 1. The molecule has 0 fully saturated rings. The Hall–Kier alpha value is -3.36. The number of nitrogens with one attached hydrogen (secondary N) is 1. The quantitative estimate of drug-likeness (QED) is 0.637. The Balaban J connectivity index is 1.75. The van der Waals surface area contributed by atoms with E-state index in [0.29, 0.717) is 11.4 Å². The van der Waals surface area contributed by atoms with E-state index in [1.165, 1.54) is 23.1 Å². The molecule has 0 atom stereocenters. The normalized spacial score (nSPS) is 13.3. The maximum atomic E-state index is 13.4. The average Bonchev–Trinajstić information content (AvgIpc) is 2.78. The second kappa shape index (κ2) is 8.41. The van der Waals surface area contributed by atoms with Crippen LogP contribution in [0.2, 0.25) is 5.02 Å². The first-order valence-electron chi connectivity index (χ1n) is 9.39. The number of hydrogen-bond donors (Lipinski definition) is 1. The third-order valence-electron chi connectivity index (χ3n) is 4.80. The van der Waals surface area contributed by atoms with Gasteiger partial charge in [0, 0.05) is 0 Å². The zero-order valence-electron chi connectivity index (χ0n) is 16.2. The summed E-state index contributed by atoms with van der Waals surface area (Å²) in [6.45, 7) is -0.736. The number of para-hydroxylation sites is 3. The Morgan fingerprint density at radius 3 is 2.35 bits per heavy atom. The van der Waals surface area contributed by atoms with Gasteiger partial charge in [-0.25, -0.2) is 8.42 Å². The lowest BCUT2D eigenvalue weighted by Gasteiger charge is -2.32. The highest BCUT2D eigenvalue weighted by atomic mass is 35.5. The number of amides is 2. The van der Waals surface area contributed by atoms with Crippen molar-refractivity contribution in [3.05, 3.63) is 83.9 Å². The standard InChI is InChI=1S/C22H18ClN3O4S/c23-17-10-4-6-12-19(17)26(31(29,30)16-8-2-1-3-9-16)15-22(28)25-14-21(27)24-18-11-5-7-13-20(18)25/h1-13H,14-15H2,(H,24,27). The van der Waals surface area contributed by atoms with Gasteiger partial charge >= 0.3 is 0 Å². The molecule has 9 heteroatoms. The van der Waals surface area contributed by atoms with Crippen molar-refractivity contribution >= 4 is 50.5 Å². The van der Waals surface area contributed by atoms with Gasteiger partial charge in [0.2, 0.25) is 11.8 Å². The molecule has 4 rings (SSSR count). The summed E-state index contributed by atoms with van der Waals surface area (Å²) in [6.07, 6.45) is 0. The number of benzene rings is 3. The van der Waals surface area contributed by atoms with E-state index < -0.39 is 22.5 Å². The summed E-state index contributed by atoms with van der Waals surface area (Å²) in [5.41, 5.74) is 1.17. The second-order valence-corrected chi connectivity index (χ2v) is 9.09. The minimum Gasteiger partial charge on any atom is -0.323 e. The number of nitrogens with zero attached hydrogens (tertiary/aromatic N) is 2. The van der Waals surface area contributed by atoms with E-state index in [2.05, 4.69) is 5.32 Å². The Kier molecular flexibility index (Phi) is 5.67. The van der Waals surface area contributed by atoms with Crippen LogP contribution in [0.3, 0.4) is 0 Å². The highest BCUT2D eigenvalue weighted by molar-refractivity contribution is 7.92. The van der Waals surface area contributed by atoms with E-state index in [0.717, 1.165) is 4.31 Å². The van der Waals surface area contributed by atoms with E-state index >= 15 is 0 Å². The Bertz CT molecular complexity index is 1250. The maximum absolute atomic E-state index is 13.4. The Morgan fingerprint density at radius 2 is 1.61 bits per heavy atom. The zero-order chi connectivity index (χ0) is 22.0. The number of carbonyl (C=O) groups excluding carboxylic acids is 2. The Morgan fingerprint density at radius 1 is 0.968 bits per heavy atom. The van der Waals surface area contributed by atoms with E-state index in [1.54, 1.807) is 60.7 Å². The summed E-state index contributed by atoms with van der Waals surface area (Å²) >= 11 is 6.29. The van der Waals surface area contributed by atoms with Crippen molar-refractivity contribution in [2.24, 2.45) is 0 Å². The molecule has 1 aliphatic heterocycles. The molecule has 7 nitrogen and oxygen atoms in total. The van der Waals surface area contributed by atoms with Gasteiger partial charge in [-0.05, 0) is 36.4 Å². The van der Waals surface area contributed by atoms with Crippen molar-refractivity contribution in [1.82, 2.24) is 0 Å². The van der Waals surface area contributed by atoms with Crippen molar-refractivity contribution in [2.45, 2.75) is 4.90 Å². The molecule has 1 N–H and O–H groups in total. The smallest absolute Gasteiger partial charge is 0.264 e. The lowest BCUT2D eigenvalue weighted by molar-refractivity contribution is -0.121. The van der Waals surface area contributed by atoms with Crippen molar-refractivity contribution in [1.29, 1.82) is 0 Å². The molecule has 1 heterocycles. The van der Waals surface area contributed by atoms with Crippen LogP contribution in [-0.2, 0) is 19.6 Å². The minimum atomic E-state index is -4.10. The topological polar surface area (TPSA) is 86.8 Å². The van der Waals surface area contributed by atoms with Crippen LogP contribution in [-0.4, -0.2) is 33.3 Å². The van der Waals surface area contributed by atoms with Crippen molar-refractivity contribution in [3.8, 4) is 0 Å². The molecule has 31 heavy (non-hydrogen) atoms. The molecule has 0 saturated heterocycles. The number of hydrogen-bond acceptors (Lipinski definition) is 4. The predicted molar refractivity (Wildman–Crippen MR) is 120 cm³/mol. The molecule has 0 spiro atoms. The van der Waals surface area contributed by atoms with Gasteiger partial charge in [0.1, 0.15) is 13.1 Å². The fraction of sp³-hybridized carbons (Fsp3) is 0.0909. The molecule has 2 amide bonds. The molecular weight excluding hydrogens is 438 g/mol. The summed E-state index contributed by atoms with van der Waals surface area (Å²) in [4.78, 5) is 26.7. The molecule has 3 aromatic carbocycles. The van der Waals surface area contributed by atoms with E-state index in [1.807, 2.05) is 0 Å². The first-order chi connectivity index (χ1) is 14.9. The molecule has 0 radical (unpaired) electrons. The summed E-state index contributed by atoms with van der Waals surface area (Å²) in [6, 6.07) is 21.1. The molecule has 158 valence electrons. The third kappa shape index (κ3) is 4.12. The molecule has 0 aliphatic carbocycles. The van der Waals surface area contributed by atoms with Crippen LogP contribution >= 0.6 is 11.6 Å². The van der Waals surface area contributed by atoms with E-state index in [9.17, 15) is 18.0 Å². The highest BCUT2D eigenvalue weighted by Crippen LogP contribution is 2.32. The monoisotopic (exact) mass is 455 g/mol. The highest BCUT2D eigenvalue weighted by Gasteiger charge is 2.33. The molecule has 0 saturated carbocycles. The number of halogens is 1. The van der Waals surface area contributed by atoms with Crippen LogP contribution in [0, 0.1) is 0 Å². The predicted octanol–water partition coefficient (Wildman–Crippen LogP) is 3.52. The van der Waals surface area contributed by atoms with Gasteiger partial charge in [-0.1, -0.05) is 54.1 Å². The van der Waals surface area contributed by atoms with Gasteiger partial charge in [0.05, 0.1) is 27.0 Å². The fourth-order valence-corrected chi connectivity index (χ4v) is 5.08. The van der Waals surface area contributed by atoms with Crippen LogP contribution in [0.25, 0.3) is 0 Å². The average molecular weight is 456 g/mol. The van der Waals surface area contributed by atoms with Crippen LogP contribution in [0.15, 0.2) is 83.8 Å². The summed E-state index contributed by atoms with van der Waals surface area (Å²) < 4.78 is 27.8. The van der Waals surface area contributed by atoms with Crippen molar-refractivity contribution < 1.29 is 18.0 Å². The molecular formula is C22H18ClN3O4S. The Labute approximate surface area is 184 Å². The fourth-order valence-electron chi connectivity index (χ4n) is 3.34. The summed E-state index contributed by atoms with van der Waals surface area (Å²) in [7, 11) is -4.10. The van der Waals surface area contributed by atoms with Gasteiger partial charge in [0.25, 0.3) is 10.0 Å². The van der Waals surface area contributed by atoms with Crippen LogP contribution < -0.4 is 14.5 Å². The van der Waals surface area contributed by atoms with Crippen LogP contribution in [0.5, 0.6) is 0 Å². The van der Waals surface area contributed by atoms with Crippen LogP contribution in [0.1, 0.15) is 0 Å². The van der Waals surface area contributed by atoms with Gasteiger partial charge in [0.15, 0.2) is 0 Å². The van der Waals surface area contributed by atoms with Gasteiger partial charge in [-0.3, -0.25) is 18.8 Å².